The van der Waals surface area contributed by atoms with Gasteiger partial charge in [-0.05, 0) is 31.9 Å². The summed E-state index contributed by atoms with van der Waals surface area (Å²) in [4.78, 5) is 30.9. The first-order valence-electron chi connectivity index (χ1n) is 8.28. The fraction of sp³-hybridized carbons (Fsp3) is 0.500. The van der Waals surface area contributed by atoms with E-state index < -0.39 is 6.10 Å². The van der Waals surface area contributed by atoms with Crippen molar-refractivity contribution >= 4 is 17.5 Å². The van der Waals surface area contributed by atoms with E-state index in [2.05, 4.69) is 28.7 Å². The topological polar surface area (TPSA) is 71.0 Å². The normalized spacial score (nSPS) is 23.7. The van der Waals surface area contributed by atoms with Crippen LogP contribution in [0, 0.1) is 13.8 Å². The Morgan fingerprint density at radius 3 is 2.92 bits per heavy atom. The molecule has 0 aromatic heterocycles. The predicted molar refractivity (Wildman–Crippen MR) is 90.7 cm³/mol. The molecule has 6 heteroatoms. The lowest BCUT2D eigenvalue weighted by atomic mass is 9.98. The fourth-order valence-electron chi connectivity index (χ4n) is 3.15. The summed E-state index contributed by atoms with van der Waals surface area (Å²) in [6.45, 7) is 4.60. The molecule has 0 saturated carbocycles. The summed E-state index contributed by atoms with van der Waals surface area (Å²) < 4.78 is 0. The molecular weight excluding hydrogens is 306 g/mol. The third kappa shape index (κ3) is 3.42. The van der Waals surface area contributed by atoms with Gasteiger partial charge in [0.25, 0.3) is 5.91 Å². The quantitative estimate of drug-likeness (QED) is 0.914. The molecule has 3 rings (SSSR count). The number of nitrogens with one attached hydrogen (secondary N) is 1. The van der Waals surface area contributed by atoms with Crippen molar-refractivity contribution in [1.29, 1.82) is 0 Å². The van der Waals surface area contributed by atoms with Crippen LogP contribution in [0.5, 0.6) is 0 Å². The largest absolute Gasteiger partial charge is 0.382 e. The molecule has 128 valence electrons. The highest BCUT2D eigenvalue weighted by molar-refractivity contribution is 6.05. The molecule has 0 aliphatic carbocycles. The minimum atomic E-state index is -0.595. The molecule has 1 saturated heterocycles. The van der Waals surface area contributed by atoms with Crippen LogP contribution in [-0.2, 0) is 14.4 Å². The van der Waals surface area contributed by atoms with E-state index in [0.29, 0.717) is 25.8 Å². The van der Waals surface area contributed by atoms with Gasteiger partial charge in [0, 0.05) is 38.0 Å². The predicted octanol–water partition coefficient (Wildman–Crippen LogP) is 1.53. The maximum atomic E-state index is 12.4. The third-order valence-corrected chi connectivity index (χ3v) is 4.64. The highest BCUT2D eigenvalue weighted by atomic mass is 16.6. The van der Waals surface area contributed by atoms with Gasteiger partial charge in [-0.2, -0.15) is 0 Å². The molecule has 0 radical (unpaired) electrons. The van der Waals surface area contributed by atoms with E-state index in [0.717, 1.165) is 22.4 Å². The first-order chi connectivity index (χ1) is 11.4. The molecule has 0 bridgehead atoms. The summed E-state index contributed by atoms with van der Waals surface area (Å²) >= 11 is 0. The fourth-order valence-corrected chi connectivity index (χ4v) is 3.15. The number of likely N-dealkylation sites (N-methyl/N-ethyl adjacent to an activating group) is 1. The van der Waals surface area contributed by atoms with Crippen LogP contribution in [0.1, 0.15) is 36.0 Å². The average molecular weight is 329 g/mol. The van der Waals surface area contributed by atoms with Gasteiger partial charge in [0.1, 0.15) is 0 Å². The Bertz CT molecular complexity index is 699. The second kappa shape index (κ2) is 6.63. The molecule has 2 heterocycles. The van der Waals surface area contributed by atoms with Gasteiger partial charge in [-0.3, -0.25) is 9.59 Å². The smallest absolute Gasteiger partial charge is 0.264 e. The van der Waals surface area contributed by atoms with Gasteiger partial charge in [-0.1, -0.05) is 22.9 Å². The molecule has 1 aromatic rings. The Kier molecular flexibility index (Phi) is 4.55. The summed E-state index contributed by atoms with van der Waals surface area (Å²) in [6, 6.07) is 6.16. The number of oxime groups is 1. The number of rotatable bonds is 3. The first kappa shape index (κ1) is 16.5. The molecule has 1 N–H and O–H groups in total. The Balaban J connectivity index is 1.59. The van der Waals surface area contributed by atoms with Gasteiger partial charge in [0.05, 0.1) is 5.71 Å². The molecular formula is C18H23N3O3. The lowest BCUT2D eigenvalue weighted by molar-refractivity contribution is -0.136. The summed E-state index contributed by atoms with van der Waals surface area (Å²) in [5.41, 5.74) is 4.12. The van der Waals surface area contributed by atoms with E-state index in [1.807, 2.05) is 13.8 Å². The van der Waals surface area contributed by atoms with Crippen LogP contribution in [0.3, 0.4) is 0 Å². The zero-order valence-corrected chi connectivity index (χ0v) is 14.3. The number of hydrogen-bond acceptors (Lipinski definition) is 4. The summed E-state index contributed by atoms with van der Waals surface area (Å²) in [6.07, 6.45) is 1.02. The number of nitrogens with zero attached hydrogens (tertiary/aromatic N) is 2. The third-order valence-electron chi connectivity index (χ3n) is 4.64. The van der Waals surface area contributed by atoms with E-state index in [-0.39, 0.29) is 17.9 Å². The minimum absolute atomic E-state index is 0.0199. The van der Waals surface area contributed by atoms with Crippen LogP contribution in [0.25, 0.3) is 0 Å². The monoisotopic (exact) mass is 329 g/mol. The molecule has 2 amide bonds. The standard InChI is InChI=1S/C18H23N3O3/c1-11-4-5-12(2)14(8-11)15-9-16(24-20-15)18(23)19-13-6-7-17(22)21(3)10-13/h4-5,8,13,16H,6-7,9-10H2,1-3H3,(H,19,23). The van der Waals surface area contributed by atoms with Gasteiger partial charge < -0.3 is 15.1 Å². The molecule has 1 aromatic carbocycles. The van der Waals surface area contributed by atoms with E-state index in [9.17, 15) is 9.59 Å². The number of amides is 2. The lowest BCUT2D eigenvalue weighted by Gasteiger charge is -2.30. The highest BCUT2D eigenvalue weighted by Crippen LogP contribution is 2.21. The molecule has 2 aliphatic rings. The average Bonchev–Trinajstić information content (AvgIpc) is 3.03. The van der Waals surface area contributed by atoms with Crippen LogP contribution in [-0.4, -0.2) is 48.2 Å². The molecule has 0 spiro atoms. The molecule has 24 heavy (non-hydrogen) atoms. The molecule has 2 aliphatic heterocycles. The number of benzene rings is 1. The Hall–Kier alpha value is -2.37. The van der Waals surface area contributed by atoms with Crippen molar-refractivity contribution in [2.24, 2.45) is 5.16 Å². The van der Waals surface area contributed by atoms with Gasteiger partial charge in [-0.15, -0.1) is 0 Å². The SMILES string of the molecule is Cc1ccc(C)c(C2=NOC(C(=O)NC3CCC(=O)N(C)C3)C2)c1. The van der Waals surface area contributed by atoms with Crippen LogP contribution in [0.4, 0.5) is 0 Å². The summed E-state index contributed by atoms with van der Waals surface area (Å²) in [5, 5.41) is 7.10. The number of likely N-dealkylation sites (tertiary alicyclic amines) is 1. The van der Waals surface area contributed by atoms with Gasteiger partial charge in [0.2, 0.25) is 12.0 Å². The Labute approximate surface area is 141 Å². The van der Waals surface area contributed by atoms with Crippen LogP contribution in [0.15, 0.2) is 23.4 Å². The van der Waals surface area contributed by atoms with E-state index >= 15 is 0 Å². The molecule has 2 atom stereocenters. The Morgan fingerprint density at radius 2 is 2.17 bits per heavy atom. The molecule has 1 fully saturated rings. The maximum absolute atomic E-state index is 12.4. The Morgan fingerprint density at radius 1 is 1.38 bits per heavy atom. The van der Waals surface area contributed by atoms with Crippen molar-refractivity contribution in [2.45, 2.75) is 45.3 Å². The second-order valence-electron chi connectivity index (χ2n) is 6.67. The second-order valence-corrected chi connectivity index (χ2v) is 6.67. The number of carbonyl (C=O) groups excluding carboxylic acids is 2. The minimum Gasteiger partial charge on any atom is -0.382 e. The number of piperidine rings is 1. The number of aryl methyl sites for hydroxylation is 2. The van der Waals surface area contributed by atoms with Crippen molar-refractivity contribution in [2.75, 3.05) is 13.6 Å². The molecule has 6 nitrogen and oxygen atoms in total. The lowest BCUT2D eigenvalue weighted by Crippen LogP contribution is -2.50. The maximum Gasteiger partial charge on any atom is 0.264 e. The van der Waals surface area contributed by atoms with Gasteiger partial charge in [0.15, 0.2) is 0 Å². The van der Waals surface area contributed by atoms with E-state index in [1.165, 1.54) is 0 Å². The molecule has 2 unspecified atom stereocenters. The van der Waals surface area contributed by atoms with Gasteiger partial charge >= 0.3 is 0 Å². The van der Waals surface area contributed by atoms with Gasteiger partial charge in [-0.25, -0.2) is 0 Å². The van der Waals surface area contributed by atoms with Crippen LogP contribution < -0.4 is 5.32 Å². The van der Waals surface area contributed by atoms with Crippen LogP contribution in [0.2, 0.25) is 0 Å². The zero-order valence-electron chi connectivity index (χ0n) is 14.3. The summed E-state index contributed by atoms with van der Waals surface area (Å²) in [5.74, 6) is -0.0371. The van der Waals surface area contributed by atoms with Crippen molar-refractivity contribution in [3.05, 3.63) is 34.9 Å². The highest BCUT2D eigenvalue weighted by Gasteiger charge is 2.32. The van der Waals surface area contributed by atoms with Crippen molar-refractivity contribution in [1.82, 2.24) is 10.2 Å². The van der Waals surface area contributed by atoms with Crippen molar-refractivity contribution < 1.29 is 14.4 Å². The zero-order chi connectivity index (χ0) is 17.3. The number of carbonyl (C=O) groups is 2. The van der Waals surface area contributed by atoms with Crippen LogP contribution >= 0.6 is 0 Å². The van der Waals surface area contributed by atoms with E-state index in [4.69, 9.17) is 4.84 Å². The van der Waals surface area contributed by atoms with E-state index in [1.54, 1.807) is 11.9 Å². The number of hydrogen-bond donors (Lipinski definition) is 1. The summed E-state index contributed by atoms with van der Waals surface area (Å²) in [7, 11) is 1.76. The van der Waals surface area contributed by atoms with Crippen molar-refractivity contribution in [3.8, 4) is 0 Å². The van der Waals surface area contributed by atoms with Crippen molar-refractivity contribution in [3.63, 3.8) is 0 Å². The first-order valence-corrected chi connectivity index (χ1v) is 8.28.